The van der Waals surface area contributed by atoms with Crippen LogP contribution in [0.1, 0.15) is 13.8 Å². The average molecular weight is 283 g/mol. The summed E-state index contributed by atoms with van der Waals surface area (Å²) >= 11 is 6.71. The maximum Gasteiger partial charge on any atom is 0.272 e. The second-order valence-corrected chi connectivity index (χ2v) is 5.38. The molecule has 0 amide bonds. The molecule has 0 radical (unpaired) electrons. The summed E-state index contributed by atoms with van der Waals surface area (Å²) in [5.41, 5.74) is 0.866. The summed E-state index contributed by atoms with van der Waals surface area (Å²) in [6.07, 6.45) is 0. The Morgan fingerprint density at radius 1 is 1.44 bits per heavy atom. The zero-order valence-electron chi connectivity index (χ0n) is 10.6. The van der Waals surface area contributed by atoms with E-state index in [0.29, 0.717) is 11.3 Å². The van der Waals surface area contributed by atoms with Gasteiger partial charge in [-0.2, -0.15) is 0 Å². The molecule has 2 aromatic heterocycles. The Morgan fingerprint density at radius 2 is 2.17 bits per heavy atom. The molecule has 0 saturated heterocycles. The Balaban J connectivity index is 2.33. The zero-order valence-corrected chi connectivity index (χ0v) is 12.2. The van der Waals surface area contributed by atoms with Crippen LogP contribution in [0.15, 0.2) is 16.2 Å². The fourth-order valence-electron chi connectivity index (χ4n) is 1.96. The normalized spacial score (nSPS) is 11.5. The van der Waals surface area contributed by atoms with Crippen molar-refractivity contribution in [2.45, 2.75) is 20.4 Å². The maximum absolute atomic E-state index is 12.3. The topological polar surface area (TPSA) is 41.0 Å². The van der Waals surface area contributed by atoms with Crippen molar-refractivity contribution in [1.82, 2.24) is 14.5 Å². The van der Waals surface area contributed by atoms with Gasteiger partial charge in [-0.05, 0) is 36.8 Å². The van der Waals surface area contributed by atoms with Crippen LogP contribution in [0.5, 0.6) is 0 Å². The highest BCUT2D eigenvalue weighted by Gasteiger charge is 2.07. The summed E-state index contributed by atoms with van der Waals surface area (Å²) in [5.74, 6) is 0. The van der Waals surface area contributed by atoms with Crippen LogP contribution >= 0.6 is 23.6 Å². The van der Waals surface area contributed by atoms with Gasteiger partial charge in [0.25, 0.3) is 5.56 Å². The van der Waals surface area contributed by atoms with E-state index in [1.165, 1.54) is 11.3 Å². The lowest BCUT2D eigenvalue weighted by molar-refractivity contribution is 0.288. The second kappa shape index (κ2) is 5.77. The molecular weight excluding hydrogens is 266 g/mol. The molecule has 2 rings (SSSR count). The fraction of sp³-hybridized carbons (Fsp3) is 0.500. The zero-order chi connectivity index (χ0) is 13.1. The minimum Gasteiger partial charge on any atom is -0.331 e. The maximum atomic E-state index is 12.3. The molecule has 1 N–H and O–H groups in total. The lowest BCUT2D eigenvalue weighted by atomic mass is 10.4. The summed E-state index contributed by atoms with van der Waals surface area (Å²) < 4.78 is 2.92. The predicted molar refractivity (Wildman–Crippen MR) is 79.1 cm³/mol. The SMILES string of the molecule is CCN(CC)CCn1c(=S)[nH]c2ccsc2c1=O. The van der Waals surface area contributed by atoms with Crippen LogP contribution in [0.2, 0.25) is 0 Å². The van der Waals surface area contributed by atoms with Crippen molar-refractivity contribution in [1.29, 1.82) is 0 Å². The van der Waals surface area contributed by atoms with E-state index in [1.807, 2.05) is 11.4 Å². The third-order valence-corrected chi connectivity index (χ3v) is 4.35. The number of fused-ring (bicyclic) bond motifs is 1. The highest BCUT2D eigenvalue weighted by molar-refractivity contribution is 7.71. The van der Waals surface area contributed by atoms with Crippen molar-refractivity contribution in [3.8, 4) is 0 Å². The summed E-state index contributed by atoms with van der Waals surface area (Å²) in [6.45, 7) is 7.71. The molecule has 18 heavy (non-hydrogen) atoms. The quantitative estimate of drug-likeness (QED) is 0.857. The number of rotatable bonds is 5. The third-order valence-electron chi connectivity index (χ3n) is 3.13. The number of hydrogen-bond acceptors (Lipinski definition) is 4. The standard InChI is InChI=1S/C12H17N3OS2/c1-3-14(4-2)6-7-15-11(16)10-9(5-8-18-10)13-12(15)17/h5,8H,3-4,6-7H2,1-2H3,(H,13,17). The van der Waals surface area contributed by atoms with Gasteiger partial charge in [-0.25, -0.2) is 0 Å². The van der Waals surface area contributed by atoms with Gasteiger partial charge in [0, 0.05) is 13.1 Å². The van der Waals surface area contributed by atoms with E-state index in [9.17, 15) is 4.79 Å². The monoisotopic (exact) mass is 283 g/mol. The minimum atomic E-state index is 0.0240. The summed E-state index contributed by atoms with van der Waals surface area (Å²) in [6, 6.07) is 1.89. The van der Waals surface area contributed by atoms with E-state index in [2.05, 4.69) is 23.7 Å². The summed E-state index contributed by atoms with van der Waals surface area (Å²) in [4.78, 5) is 17.7. The molecule has 0 aliphatic carbocycles. The number of H-pyrrole nitrogens is 1. The molecule has 2 aromatic rings. The average Bonchev–Trinajstić information content (AvgIpc) is 2.82. The number of aromatic nitrogens is 2. The van der Waals surface area contributed by atoms with Crippen molar-refractivity contribution in [3.63, 3.8) is 0 Å². The first-order chi connectivity index (χ1) is 8.67. The molecule has 0 unspecified atom stereocenters. The fourth-order valence-corrected chi connectivity index (χ4v) is 3.04. The van der Waals surface area contributed by atoms with Gasteiger partial charge in [0.1, 0.15) is 4.70 Å². The van der Waals surface area contributed by atoms with Crippen molar-refractivity contribution < 1.29 is 0 Å². The van der Waals surface area contributed by atoms with Gasteiger partial charge in [-0.15, -0.1) is 11.3 Å². The van der Waals surface area contributed by atoms with Gasteiger partial charge in [0.05, 0.1) is 5.52 Å². The van der Waals surface area contributed by atoms with Gasteiger partial charge in [0.2, 0.25) is 0 Å². The number of hydrogen-bond donors (Lipinski definition) is 1. The van der Waals surface area contributed by atoms with Crippen LogP contribution in [0.25, 0.3) is 10.2 Å². The highest BCUT2D eigenvalue weighted by Crippen LogP contribution is 2.13. The second-order valence-electron chi connectivity index (χ2n) is 4.08. The van der Waals surface area contributed by atoms with Gasteiger partial charge in [0.15, 0.2) is 4.77 Å². The number of nitrogens with zero attached hydrogens (tertiary/aromatic N) is 2. The lowest BCUT2D eigenvalue weighted by Crippen LogP contribution is -2.31. The molecule has 0 aliphatic heterocycles. The molecule has 0 atom stereocenters. The molecule has 4 nitrogen and oxygen atoms in total. The van der Waals surface area contributed by atoms with Crippen molar-refractivity contribution in [2.24, 2.45) is 0 Å². The van der Waals surface area contributed by atoms with E-state index in [1.54, 1.807) is 4.57 Å². The molecule has 2 heterocycles. The molecule has 0 fully saturated rings. The van der Waals surface area contributed by atoms with Crippen LogP contribution in [0.4, 0.5) is 0 Å². The Kier molecular flexibility index (Phi) is 4.31. The molecular formula is C12H17N3OS2. The van der Waals surface area contributed by atoms with Crippen LogP contribution in [0, 0.1) is 4.77 Å². The minimum absolute atomic E-state index is 0.0240. The van der Waals surface area contributed by atoms with E-state index in [0.717, 1.165) is 29.9 Å². The van der Waals surface area contributed by atoms with Crippen molar-refractivity contribution in [3.05, 3.63) is 26.6 Å². The first-order valence-corrected chi connectivity index (χ1v) is 7.38. The van der Waals surface area contributed by atoms with E-state index in [-0.39, 0.29) is 5.56 Å². The van der Waals surface area contributed by atoms with Gasteiger partial charge in [-0.3, -0.25) is 9.36 Å². The third kappa shape index (κ3) is 2.55. The summed E-state index contributed by atoms with van der Waals surface area (Å²) in [7, 11) is 0. The van der Waals surface area contributed by atoms with Crippen molar-refractivity contribution >= 4 is 33.8 Å². The Morgan fingerprint density at radius 3 is 2.83 bits per heavy atom. The number of likely N-dealkylation sites (N-methyl/N-ethyl adjacent to an activating group) is 1. The molecule has 0 aromatic carbocycles. The van der Waals surface area contributed by atoms with Crippen molar-refractivity contribution in [2.75, 3.05) is 19.6 Å². The Labute approximate surface area is 115 Å². The number of nitrogens with one attached hydrogen (secondary N) is 1. The molecule has 0 spiro atoms. The smallest absolute Gasteiger partial charge is 0.272 e. The number of thiophene rings is 1. The molecule has 6 heteroatoms. The van der Waals surface area contributed by atoms with Crippen LogP contribution in [0.3, 0.4) is 0 Å². The molecule has 0 saturated carbocycles. The Hall–Kier alpha value is -0.980. The predicted octanol–water partition coefficient (Wildman–Crippen LogP) is 2.46. The van der Waals surface area contributed by atoms with Crippen LogP contribution < -0.4 is 5.56 Å². The first kappa shape index (κ1) is 13.5. The largest absolute Gasteiger partial charge is 0.331 e. The number of aromatic amines is 1. The van der Waals surface area contributed by atoms with E-state index < -0.39 is 0 Å². The molecule has 0 aliphatic rings. The lowest BCUT2D eigenvalue weighted by Gasteiger charge is -2.18. The van der Waals surface area contributed by atoms with E-state index >= 15 is 0 Å². The van der Waals surface area contributed by atoms with Gasteiger partial charge in [-0.1, -0.05) is 13.8 Å². The highest BCUT2D eigenvalue weighted by atomic mass is 32.1. The van der Waals surface area contributed by atoms with Gasteiger partial charge < -0.3 is 9.88 Å². The molecule has 98 valence electrons. The Bertz CT molecular complexity index is 637. The van der Waals surface area contributed by atoms with E-state index in [4.69, 9.17) is 12.2 Å². The van der Waals surface area contributed by atoms with Gasteiger partial charge >= 0.3 is 0 Å². The van der Waals surface area contributed by atoms with Crippen LogP contribution in [-0.4, -0.2) is 34.1 Å². The summed E-state index contributed by atoms with van der Waals surface area (Å²) in [5, 5.41) is 1.91. The van der Waals surface area contributed by atoms with Crippen LogP contribution in [-0.2, 0) is 6.54 Å². The first-order valence-electron chi connectivity index (χ1n) is 6.10. The molecule has 0 bridgehead atoms.